The molecule has 1 N–H and O–H groups in total. The van der Waals surface area contributed by atoms with Crippen LogP contribution in [0.5, 0.6) is 11.5 Å². The van der Waals surface area contributed by atoms with E-state index < -0.39 is 5.63 Å². The highest BCUT2D eigenvalue weighted by atomic mass is 16.5. The van der Waals surface area contributed by atoms with Gasteiger partial charge in [0.25, 0.3) is 0 Å². The highest BCUT2D eigenvalue weighted by molar-refractivity contribution is 5.85. The molecule has 0 saturated carbocycles. The first kappa shape index (κ1) is 13.7. The molecule has 0 bridgehead atoms. The van der Waals surface area contributed by atoms with Gasteiger partial charge in [0, 0.05) is 5.39 Å². The van der Waals surface area contributed by atoms with Crippen LogP contribution in [0.4, 0.5) is 0 Å². The predicted molar refractivity (Wildman–Crippen MR) is 80.9 cm³/mol. The topological polar surface area (TPSA) is 83.5 Å². The zero-order chi connectivity index (χ0) is 15.7. The van der Waals surface area contributed by atoms with E-state index in [1.54, 1.807) is 36.4 Å². The molecule has 0 aliphatic rings. The van der Waals surface area contributed by atoms with Gasteiger partial charge in [0.2, 0.25) is 0 Å². The molecule has 0 atom stereocenters. The van der Waals surface area contributed by atoms with Crippen molar-refractivity contribution in [1.82, 2.24) is 0 Å². The van der Waals surface area contributed by atoms with Gasteiger partial charge in [0.15, 0.2) is 17.1 Å². The Bertz CT molecular complexity index is 967. The van der Waals surface area contributed by atoms with E-state index in [-0.39, 0.29) is 17.1 Å². The molecule has 0 amide bonds. The first-order chi connectivity index (χ1) is 10.6. The second kappa shape index (κ2) is 5.26. The first-order valence-electron chi connectivity index (χ1n) is 6.48. The number of nitrogens with zero attached hydrogens (tertiary/aromatic N) is 1. The van der Waals surface area contributed by atoms with Gasteiger partial charge in [-0.1, -0.05) is 18.2 Å². The molecule has 0 radical (unpaired) electrons. The van der Waals surface area contributed by atoms with E-state index in [9.17, 15) is 9.90 Å². The molecule has 1 heterocycles. The molecule has 0 fully saturated rings. The number of benzene rings is 2. The molecule has 0 spiro atoms. The lowest BCUT2D eigenvalue weighted by atomic mass is 10.0. The van der Waals surface area contributed by atoms with Gasteiger partial charge < -0.3 is 14.3 Å². The molecule has 0 unspecified atom stereocenters. The van der Waals surface area contributed by atoms with Gasteiger partial charge in [0.05, 0.1) is 18.2 Å². The third kappa shape index (κ3) is 2.17. The van der Waals surface area contributed by atoms with Crippen molar-refractivity contribution in [3.8, 4) is 28.7 Å². The SMILES string of the molecule is COc1cc(-c2cc3cccc(C#N)c3oc2=O)ccc1O. The molecule has 0 saturated heterocycles. The molecular formula is C17H11NO4. The average molecular weight is 293 g/mol. The standard InChI is InChI=1S/C17H11NO4/c1-21-15-8-10(5-6-14(15)19)13-7-11-3-2-4-12(9-18)16(11)22-17(13)20/h2-8,19H,1H3. The van der Waals surface area contributed by atoms with Crippen LogP contribution in [0.25, 0.3) is 22.1 Å². The van der Waals surface area contributed by atoms with Crippen molar-refractivity contribution >= 4 is 11.0 Å². The van der Waals surface area contributed by atoms with E-state index in [2.05, 4.69) is 0 Å². The van der Waals surface area contributed by atoms with Gasteiger partial charge in [-0.15, -0.1) is 0 Å². The number of hydrogen-bond donors (Lipinski definition) is 1. The molecule has 3 rings (SSSR count). The number of methoxy groups -OCH3 is 1. The second-order valence-electron chi connectivity index (χ2n) is 4.67. The molecule has 22 heavy (non-hydrogen) atoms. The summed E-state index contributed by atoms with van der Waals surface area (Å²) < 4.78 is 10.3. The Morgan fingerprint density at radius 3 is 2.77 bits per heavy atom. The second-order valence-corrected chi connectivity index (χ2v) is 4.67. The fourth-order valence-electron chi connectivity index (χ4n) is 2.28. The third-order valence-electron chi connectivity index (χ3n) is 3.37. The molecular weight excluding hydrogens is 282 g/mol. The van der Waals surface area contributed by atoms with Gasteiger partial charge in [-0.3, -0.25) is 0 Å². The minimum Gasteiger partial charge on any atom is -0.504 e. The van der Waals surface area contributed by atoms with E-state index in [1.807, 2.05) is 6.07 Å². The summed E-state index contributed by atoms with van der Waals surface area (Å²) in [5.41, 5.74) is 0.922. The smallest absolute Gasteiger partial charge is 0.344 e. The van der Waals surface area contributed by atoms with E-state index in [1.165, 1.54) is 13.2 Å². The lowest BCUT2D eigenvalue weighted by molar-refractivity contribution is 0.373. The van der Waals surface area contributed by atoms with Crippen LogP contribution in [0, 0.1) is 11.3 Å². The van der Waals surface area contributed by atoms with Gasteiger partial charge in [-0.25, -0.2) is 4.79 Å². The van der Waals surface area contributed by atoms with Gasteiger partial charge in [0.1, 0.15) is 6.07 Å². The first-order valence-corrected chi connectivity index (χ1v) is 6.48. The maximum Gasteiger partial charge on any atom is 0.344 e. The van der Waals surface area contributed by atoms with E-state index in [0.29, 0.717) is 22.1 Å². The number of aromatic hydroxyl groups is 1. The number of phenols is 1. The van der Waals surface area contributed by atoms with Crippen LogP contribution in [0.1, 0.15) is 5.56 Å². The maximum atomic E-state index is 12.2. The Labute approximate surface area is 125 Å². The molecule has 3 aromatic rings. The number of ether oxygens (including phenoxy) is 1. The van der Waals surface area contributed by atoms with Crippen molar-refractivity contribution in [2.75, 3.05) is 7.11 Å². The van der Waals surface area contributed by atoms with Gasteiger partial charge in [-0.05, 0) is 29.8 Å². The molecule has 1 aromatic heterocycles. The summed E-state index contributed by atoms with van der Waals surface area (Å²) in [6.45, 7) is 0. The Balaban J connectivity index is 2.27. The van der Waals surface area contributed by atoms with E-state index in [0.717, 1.165) is 0 Å². The van der Waals surface area contributed by atoms with Crippen LogP contribution in [0.15, 0.2) is 51.7 Å². The quantitative estimate of drug-likeness (QED) is 0.734. The van der Waals surface area contributed by atoms with Gasteiger partial charge in [-0.2, -0.15) is 5.26 Å². The van der Waals surface area contributed by atoms with Crippen molar-refractivity contribution in [3.05, 3.63) is 58.4 Å². The summed E-state index contributed by atoms with van der Waals surface area (Å²) in [6, 6.07) is 13.3. The predicted octanol–water partition coefficient (Wildman–Crippen LogP) is 3.05. The Kier molecular flexibility index (Phi) is 3.28. The molecule has 0 aliphatic heterocycles. The molecule has 108 valence electrons. The number of rotatable bonds is 2. The normalized spacial score (nSPS) is 10.4. The largest absolute Gasteiger partial charge is 0.504 e. The van der Waals surface area contributed by atoms with Crippen LogP contribution in [0.2, 0.25) is 0 Å². The summed E-state index contributed by atoms with van der Waals surface area (Å²) in [7, 11) is 1.43. The van der Waals surface area contributed by atoms with Crippen LogP contribution >= 0.6 is 0 Å². The lowest BCUT2D eigenvalue weighted by Gasteiger charge is -2.07. The zero-order valence-electron chi connectivity index (χ0n) is 11.7. The highest BCUT2D eigenvalue weighted by Gasteiger charge is 2.12. The number of para-hydroxylation sites is 1. The Hall–Kier alpha value is -3.26. The van der Waals surface area contributed by atoms with E-state index >= 15 is 0 Å². The highest BCUT2D eigenvalue weighted by Crippen LogP contribution is 2.31. The third-order valence-corrected chi connectivity index (χ3v) is 3.37. The molecule has 5 nitrogen and oxygen atoms in total. The van der Waals surface area contributed by atoms with Crippen LogP contribution in [-0.2, 0) is 0 Å². The maximum absolute atomic E-state index is 12.2. The van der Waals surface area contributed by atoms with Crippen LogP contribution < -0.4 is 10.4 Å². The fraction of sp³-hybridized carbons (Fsp3) is 0.0588. The average Bonchev–Trinajstić information content (AvgIpc) is 2.54. The molecule has 5 heteroatoms. The number of fused-ring (bicyclic) bond motifs is 1. The minimum atomic E-state index is -0.553. The van der Waals surface area contributed by atoms with Crippen molar-refractivity contribution in [2.45, 2.75) is 0 Å². The Morgan fingerprint density at radius 1 is 1.23 bits per heavy atom. The van der Waals surface area contributed by atoms with Crippen molar-refractivity contribution in [3.63, 3.8) is 0 Å². The van der Waals surface area contributed by atoms with Crippen molar-refractivity contribution < 1.29 is 14.3 Å². The monoisotopic (exact) mass is 293 g/mol. The zero-order valence-corrected chi connectivity index (χ0v) is 11.7. The summed E-state index contributed by atoms with van der Waals surface area (Å²) >= 11 is 0. The lowest BCUT2D eigenvalue weighted by Crippen LogP contribution is -2.03. The van der Waals surface area contributed by atoms with Crippen molar-refractivity contribution in [1.29, 1.82) is 5.26 Å². The minimum absolute atomic E-state index is 0.0109. The summed E-state index contributed by atoms with van der Waals surface area (Å²) in [5.74, 6) is 0.256. The van der Waals surface area contributed by atoms with Crippen molar-refractivity contribution in [2.24, 2.45) is 0 Å². The number of hydrogen-bond acceptors (Lipinski definition) is 5. The fourth-order valence-corrected chi connectivity index (χ4v) is 2.28. The number of nitriles is 1. The summed E-state index contributed by atoms with van der Waals surface area (Å²) in [4.78, 5) is 12.2. The molecule has 0 aliphatic carbocycles. The summed E-state index contributed by atoms with van der Waals surface area (Å²) in [6.07, 6.45) is 0. The van der Waals surface area contributed by atoms with Crippen LogP contribution in [-0.4, -0.2) is 12.2 Å². The molecule has 2 aromatic carbocycles. The Morgan fingerprint density at radius 2 is 2.05 bits per heavy atom. The van der Waals surface area contributed by atoms with E-state index in [4.69, 9.17) is 14.4 Å². The van der Waals surface area contributed by atoms with Gasteiger partial charge >= 0.3 is 5.63 Å². The number of phenolic OH excluding ortho intramolecular Hbond substituents is 1. The van der Waals surface area contributed by atoms with Crippen LogP contribution in [0.3, 0.4) is 0 Å². The summed E-state index contributed by atoms with van der Waals surface area (Å²) in [5, 5.41) is 19.3.